The van der Waals surface area contributed by atoms with Gasteiger partial charge in [0.05, 0.1) is 0 Å². The molecule has 0 fully saturated rings. The zero-order chi connectivity index (χ0) is 14.1. The SMILES string of the molecule is Cc1cccc(C)c1N1C=CN(C)C1c1ccccc1. The smallest absolute Gasteiger partial charge is 0.131 e. The fourth-order valence-electron chi connectivity index (χ4n) is 2.97. The first kappa shape index (κ1) is 12.8. The topological polar surface area (TPSA) is 6.48 Å². The Labute approximate surface area is 121 Å². The Morgan fingerprint density at radius 2 is 1.45 bits per heavy atom. The third-order valence-corrected chi connectivity index (χ3v) is 3.91. The molecule has 1 aliphatic heterocycles. The highest BCUT2D eigenvalue weighted by Crippen LogP contribution is 2.37. The fraction of sp³-hybridized carbons (Fsp3) is 0.222. The molecule has 0 aliphatic carbocycles. The van der Waals surface area contributed by atoms with Gasteiger partial charge in [-0.3, -0.25) is 0 Å². The van der Waals surface area contributed by atoms with Gasteiger partial charge in [0.25, 0.3) is 0 Å². The van der Waals surface area contributed by atoms with Crippen LogP contribution in [0.5, 0.6) is 0 Å². The summed E-state index contributed by atoms with van der Waals surface area (Å²) < 4.78 is 0. The highest BCUT2D eigenvalue weighted by Gasteiger charge is 2.27. The maximum absolute atomic E-state index is 2.36. The molecule has 2 heteroatoms. The molecule has 1 atom stereocenters. The first-order valence-electron chi connectivity index (χ1n) is 6.98. The largest absolute Gasteiger partial charge is 0.355 e. The first-order valence-corrected chi connectivity index (χ1v) is 6.98. The summed E-state index contributed by atoms with van der Waals surface area (Å²) in [7, 11) is 2.13. The predicted molar refractivity (Wildman–Crippen MR) is 84.5 cm³/mol. The molecule has 0 N–H and O–H groups in total. The van der Waals surface area contributed by atoms with Crippen molar-refractivity contribution in [3.63, 3.8) is 0 Å². The van der Waals surface area contributed by atoms with E-state index in [9.17, 15) is 0 Å². The van der Waals surface area contributed by atoms with Crippen molar-refractivity contribution in [2.45, 2.75) is 20.0 Å². The summed E-state index contributed by atoms with van der Waals surface area (Å²) in [5.74, 6) is 0. The molecule has 0 aromatic heterocycles. The van der Waals surface area contributed by atoms with Gasteiger partial charge in [0.2, 0.25) is 0 Å². The zero-order valence-corrected chi connectivity index (χ0v) is 12.2. The van der Waals surface area contributed by atoms with E-state index in [2.05, 4.69) is 91.6 Å². The molecule has 102 valence electrons. The molecule has 1 unspecified atom stereocenters. The van der Waals surface area contributed by atoms with E-state index in [4.69, 9.17) is 0 Å². The summed E-state index contributed by atoms with van der Waals surface area (Å²) in [6.45, 7) is 4.35. The Bertz CT molecular complexity index is 611. The molecule has 2 nitrogen and oxygen atoms in total. The number of anilines is 1. The number of benzene rings is 2. The van der Waals surface area contributed by atoms with Crippen LogP contribution in [-0.4, -0.2) is 11.9 Å². The van der Waals surface area contributed by atoms with Crippen LogP contribution in [0.4, 0.5) is 5.69 Å². The maximum Gasteiger partial charge on any atom is 0.131 e. The van der Waals surface area contributed by atoms with E-state index in [1.807, 2.05) is 0 Å². The van der Waals surface area contributed by atoms with Crippen molar-refractivity contribution < 1.29 is 0 Å². The Balaban J connectivity index is 2.07. The quantitative estimate of drug-likeness (QED) is 0.801. The molecule has 1 heterocycles. The average molecular weight is 264 g/mol. The molecule has 0 amide bonds. The summed E-state index contributed by atoms with van der Waals surface area (Å²) >= 11 is 0. The van der Waals surface area contributed by atoms with Crippen LogP contribution in [0.25, 0.3) is 0 Å². The van der Waals surface area contributed by atoms with E-state index in [1.54, 1.807) is 0 Å². The lowest BCUT2D eigenvalue weighted by Crippen LogP contribution is -2.29. The van der Waals surface area contributed by atoms with E-state index in [0.29, 0.717) is 0 Å². The molecule has 2 aromatic carbocycles. The van der Waals surface area contributed by atoms with Crippen LogP contribution in [0.3, 0.4) is 0 Å². The van der Waals surface area contributed by atoms with Crippen molar-refractivity contribution in [3.8, 4) is 0 Å². The Morgan fingerprint density at radius 1 is 0.800 bits per heavy atom. The molecular weight excluding hydrogens is 244 g/mol. The number of aryl methyl sites for hydroxylation is 2. The number of rotatable bonds is 2. The molecule has 0 bridgehead atoms. The van der Waals surface area contributed by atoms with Gasteiger partial charge < -0.3 is 9.80 Å². The Morgan fingerprint density at radius 3 is 2.10 bits per heavy atom. The lowest BCUT2D eigenvalue weighted by molar-refractivity contribution is 0.367. The van der Waals surface area contributed by atoms with Gasteiger partial charge in [0.1, 0.15) is 6.17 Å². The molecule has 20 heavy (non-hydrogen) atoms. The molecule has 0 radical (unpaired) electrons. The van der Waals surface area contributed by atoms with Gasteiger partial charge in [-0.1, -0.05) is 48.5 Å². The maximum atomic E-state index is 2.36. The minimum atomic E-state index is 0.232. The van der Waals surface area contributed by atoms with Gasteiger partial charge in [-0.2, -0.15) is 0 Å². The monoisotopic (exact) mass is 264 g/mol. The number of hydrogen-bond acceptors (Lipinski definition) is 2. The number of hydrogen-bond donors (Lipinski definition) is 0. The van der Waals surface area contributed by atoms with Gasteiger partial charge >= 0.3 is 0 Å². The second kappa shape index (κ2) is 5.04. The van der Waals surface area contributed by atoms with Crippen molar-refractivity contribution >= 4 is 5.69 Å². The van der Waals surface area contributed by atoms with Gasteiger partial charge in [0, 0.05) is 25.1 Å². The van der Waals surface area contributed by atoms with E-state index < -0.39 is 0 Å². The van der Waals surface area contributed by atoms with Gasteiger partial charge in [-0.15, -0.1) is 0 Å². The second-order valence-electron chi connectivity index (χ2n) is 5.40. The van der Waals surface area contributed by atoms with Crippen molar-refractivity contribution in [1.29, 1.82) is 0 Å². The molecule has 3 rings (SSSR count). The first-order chi connectivity index (χ1) is 9.68. The predicted octanol–water partition coefficient (Wildman–Crippen LogP) is 4.23. The average Bonchev–Trinajstić information content (AvgIpc) is 2.81. The Hall–Kier alpha value is -2.22. The van der Waals surface area contributed by atoms with Crippen LogP contribution in [0.15, 0.2) is 60.9 Å². The molecule has 0 spiro atoms. The van der Waals surface area contributed by atoms with E-state index >= 15 is 0 Å². The summed E-state index contributed by atoms with van der Waals surface area (Å²) in [5.41, 5.74) is 5.24. The Kier molecular flexibility index (Phi) is 3.23. The van der Waals surface area contributed by atoms with Crippen LogP contribution < -0.4 is 4.90 Å². The summed E-state index contributed by atoms with van der Waals surface area (Å²) in [6.07, 6.45) is 4.55. The van der Waals surface area contributed by atoms with Crippen LogP contribution in [-0.2, 0) is 0 Å². The fourth-order valence-corrected chi connectivity index (χ4v) is 2.97. The third-order valence-electron chi connectivity index (χ3n) is 3.91. The van der Waals surface area contributed by atoms with E-state index in [0.717, 1.165) is 0 Å². The van der Waals surface area contributed by atoms with Gasteiger partial charge in [-0.25, -0.2) is 0 Å². The second-order valence-corrected chi connectivity index (χ2v) is 5.40. The molecule has 1 aliphatic rings. The summed E-state index contributed by atoms with van der Waals surface area (Å²) in [4.78, 5) is 4.61. The van der Waals surface area contributed by atoms with Crippen molar-refractivity contribution in [1.82, 2.24) is 4.90 Å². The van der Waals surface area contributed by atoms with Crippen molar-refractivity contribution in [2.75, 3.05) is 11.9 Å². The normalized spacial score (nSPS) is 17.9. The zero-order valence-electron chi connectivity index (χ0n) is 12.2. The highest BCUT2D eigenvalue weighted by molar-refractivity contribution is 5.63. The van der Waals surface area contributed by atoms with Crippen molar-refractivity contribution in [2.24, 2.45) is 0 Å². The lowest BCUT2D eigenvalue weighted by Gasteiger charge is -2.32. The lowest BCUT2D eigenvalue weighted by atomic mass is 10.1. The summed E-state index contributed by atoms with van der Waals surface area (Å²) in [6, 6.07) is 17.1. The van der Waals surface area contributed by atoms with E-state index in [-0.39, 0.29) is 6.17 Å². The molecular formula is C18H20N2. The van der Waals surface area contributed by atoms with Gasteiger partial charge in [-0.05, 0) is 30.5 Å². The van der Waals surface area contributed by atoms with Crippen molar-refractivity contribution in [3.05, 3.63) is 77.6 Å². The minimum Gasteiger partial charge on any atom is -0.355 e. The van der Waals surface area contributed by atoms with Crippen LogP contribution >= 0.6 is 0 Å². The van der Waals surface area contributed by atoms with Crippen LogP contribution in [0.2, 0.25) is 0 Å². The standard InChI is InChI=1S/C18H20N2/c1-14-8-7-9-15(2)17(14)20-13-12-19(3)18(20)16-10-5-4-6-11-16/h4-13,18H,1-3H3. The van der Waals surface area contributed by atoms with Crippen LogP contribution in [0.1, 0.15) is 22.9 Å². The molecule has 2 aromatic rings. The highest BCUT2D eigenvalue weighted by atomic mass is 15.4. The number of nitrogens with zero attached hydrogens (tertiary/aromatic N) is 2. The number of para-hydroxylation sites is 1. The van der Waals surface area contributed by atoms with E-state index in [1.165, 1.54) is 22.4 Å². The molecule has 0 saturated heterocycles. The molecule has 0 saturated carbocycles. The van der Waals surface area contributed by atoms with Crippen LogP contribution in [0, 0.1) is 13.8 Å². The van der Waals surface area contributed by atoms with Gasteiger partial charge in [0.15, 0.2) is 0 Å². The summed E-state index contributed by atoms with van der Waals surface area (Å²) in [5, 5.41) is 0. The minimum absolute atomic E-state index is 0.232. The third kappa shape index (κ3) is 2.07.